The van der Waals surface area contributed by atoms with Crippen LogP contribution in [0.3, 0.4) is 0 Å². The molecule has 0 atom stereocenters. The first-order valence-electron chi connectivity index (χ1n) is 17.3. The van der Waals surface area contributed by atoms with Crippen molar-refractivity contribution in [1.29, 1.82) is 5.41 Å². The summed E-state index contributed by atoms with van der Waals surface area (Å²) in [5.74, 6) is 0.121. The molecule has 0 amide bonds. The average molecular weight is 662 g/mol. The Labute approximate surface area is 297 Å². The van der Waals surface area contributed by atoms with E-state index in [1.807, 2.05) is 60.7 Å². The second-order valence-corrected chi connectivity index (χ2v) is 13.0. The molecule has 0 fully saturated rings. The minimum absolute atomic E-state index is 0.121. The van der Waals surface area contributed by atoms with E-state index in [2.05, 4.69) is 119 Å². The quantitative estimate of drug-likeness (QED) is 0.130. The van der Waals surface area contributed by atoms with Gasteiger partial charge in [-0.3, -0.25) is 5.41 Å². The van der Waals surface area contributed by atoms with Gasteiger partial charge in [0.05, 0.1) is 22.1 Å². The highest BCUT2D eigenvalue weighted by Crippen LogP contribution is 2.46. The van der Waals surface area contributed by atoms with Crippen molar-refractivity contribution in [3.05, 3.63) is 192 Å². The summed E-state index contributed by atoms with van der Waals surface area (Å²) in [7, 11) is 0. The minimum Gasteiger partial charge on any atom is -0.384 e. The Morgan fingerprint density at radius 3 is 1.84 bits per heavy atom. The molecule has 2 aromatic heterocycles. The van der Waals surface area contributed by atoms with Crippen molar-refractivity contribution in [2.24, 2.45) is 11.5 Å². The number of hydrogen-bond acceptors (Lipinski definition) is 2. The van der Waals surface area contributed by atoms with Crippen LogP contribution in [0.4, 0.5) is 0 Å². The maximum Gasteiger partial charge on any atom is 0.122 e. The van der Waals surface area contributed by atoms with Crippen LogP contribution in [0.1, 0.15) is 27.8 Å². The van der Waals surface area contributed by atoms with Crippen LogP contribution in [0, 0.1) is 12.3 Å². The molecule has 5 nitrogen and oxygen atoms in total. The van der Waals surface area contributed by atoms with Gasteiger partial charge in [0.25, 0.3) is 0 Å². The van der Waals surface area contributed by atoms with Crippen molar-refractivity contribution in [1.82, 2.24) is 9.13 Å². The number of fused-ring (bicyclic) bond motifs is 9. The first kappa shape index (κ1) is 31.8. The third kappa shape index (κ3) is 5.74. The number of nitrogens with one attached hydrogen (secondary N) is 1. The number of aryl methyl sites for hydroxylation is 1. The smallest absolute Gasteiger partial charge is 0.122 e. The van der Waals surface area contributed by atoms with Crippen LogP contribution in [-0.2, 0) is 13.0 Å². The highest BCUT2D eigenvalue weighted by atomic mass is 15.0. The summed E-state index contributed by atoms with van der Waals surface area (Å²) >= 11 is 0. The summed E-state index contributed by atoms with van der Waals surface area (Å²) in [6, 6.07) is 57.2. The number of nitrogens with zero attached hydrogens (tertiary/aromatic N) is 2. The van der Waals surface area contributed by atoms with E-state index < -0.39 is 0 Å². The lowest BCUT2D eigenvalue weighted by Gasteiger charge is -2.21. The summed E-state index contributed by atoms with van der Waals surface area (Å²) in [6.07, 6.45) is 0.953. The number of nitrogens with two attached hydrogens (primary N) is 2. The number of rotatable bonds is 3. The number of amidine groups is 1. The SMILES string of the molecule is Cc1cccc(-n2c3ccccc3c3c4c5ccccc5n5c4c(cc32)Cc2ccccc2-5)c1.N=C(N)c1ccccc1.NCc1ccccc1. The Balaban J connectivity index is 0.000000181. The van der Waals surface area contributed by atoms with E-state index in [9.17, 15) is 0 Å². The lowest BCUT2D eigenvalue weighted by atomic mass is 9.95. The van der Waals surface area contributed by atoms with Gasteiger partial charge in [0.1, 0.15) is 5.84 Å². The number of nitrogen functional groups attached to an aromatic ring is 1. The number of hydrogen-bond donors (Lipinski definition) is 3. The monoisotopic (exact) mass is 661 g/mol. The molecule has 5 heteroatoms. The van der Waals surface area contributed by atoms with E-state index in [1.165, 1.54) is 77.2 Å². The second-order valence-electron chi connectivity index (χ2n) is 13.0. The average Bonchev–Trinajstić information content (AvgIpc) is 3.70. The molecule has 0 spiro atoms. The van der Waals surface area contributed by atoms with Crippen molar-refractivity contribution >= 4 is 49.4 Å². The molecule has 10 rings (SSSR count). The second kappa shape index (κ2) is 13.5. The fourth-order valence-electron chi connectivity index (χ4n) is 7.44. The standard InChI is InChI=1S/C32H22N2.C7H8N2.C7H9N/c1-20-9-8-11-23(17-20)33-27-15-6-3-12-24(27)30-29(33)19-22-18-21-10-2-5-14-26(21)34-28-16-7-4-13-25(28)31(30)32(22)34;8-7(9)6-4-2-1-3-5-6;8-6-7-4-2-1-3-5-7/h2-17,19H,18H2,1H3;1-5H,(H3,8,9);1-5H,6,8H2. The predicted molar refractivity (Wildman–Crippen MR) is 214 cm³/mol. The van der Waals surface area contributed by atoms with E-state index in [1.54, 1.807) is 0 Å². The van der Waals surface area contributed by atoms with E-state index in [0.717, 1.165) is 12.0 Å². The first-order chi connectivity index (χ1) is 25.0. The molecule has 0 saturated heterocycles. The van der Waals surface area contributed by atoms with Gasteiger partial charge in [-0.05, 0) is 65.6 Å². The summed E-state index contributed by atoms with van der Waals surface area (Å²) in [5.41, 5.74) is 24.3. The van der Waals surface area contributed by atoms with Gasteiger partial charge in [-0.1, -0.05) is 127 Å². The van der Waals surface area contributed by atoms with Crippen LogP contribution < -0.4 is 11.5 Å². The zero-order chi connectivity index (χ0) is 34.9. The van der Waals surface area contributed by atoms with Gasteiger partial charge in [0.2, 0.25) is 0 Å². The Morgan fingerprint density at radius 2 is 1.20 bits per heavy atom. The van der Waals surface area contributed by atoms with Crippen molar-refractivity contribution in [3.63, 3.8) is 0 Å². The van der Waals surface area contributed by atoms with Crippen LogP contribution >= 0.6 is 0 Å². The van der Waals surface area contributed by atoms with Gasteiger partial charge in [-0.25, -0.2) is 0 Å². The highest BCUT2D eigenvalue weighted by molar-refractivity contribution is 6.29. The Bertz CT molecular complexity index is 2680. The topological polar surface area (TPSA) is 85.8 Å². The fraction of sp³-hybridized carbons (Fsp3) is 0.0652. The van der Waals surface area contributed by atoms with Crippen LogP contribution in [0.2, 0.25) is 0 Å². The molecule has 0 unspecified atom stereocenters. The normalized spacial score (nSPS) is 11.5. The Morgan fingerprint density at radius 1 is 0.588 bits per heavy atom. The molecule has 51 heavy (non-hydrogen) atoms. The van der Waals surface area contributed by atoms with Crippen LogP contribution in [0.25, 0.3) is 55.0 Å². The van der Waals surface area contributed by atoms with E-state index >= 15 is 0 Å². The minimum atomic E-state index is 0.121. The van der Waals surface area contributed by atoms with E-state index in [-0.39, 0.29) is 5.84 Å². The lowest BCUT2D eigenvalue weighted by molar-refractivity contribution is 1.04. The van der Waals surface area contributed by atoms with Gasteiger partial charge in [0.15, 0.2) is 0 Å². The summed E-state index contributed by atoms with van der Waals surface area (Å²) in [4.78, 5) is 0. The van der Waals surface area contributed by atoms with Gasteiger partial charge >= 0.3 is 0 Å². The molecule has 248 valence electrons. The van der Waals surface area contributed by atoms with Gasteiger partial charge in [-0.15, -0.1) is 0 Å². The zero-order valence-corrected chi connectivity index (χ0v) is 28.6. The molecular weight excluding hydrogens is 623 g/mol. The zero-order valence-electron chi connectivity index (χ0n) is 28.6. The molecule has 0 radical (unpaired) electrons. The van der Waals surface area contributed by atoms with Crippen molar-refractivity contribution < 1.29 is 0 Å². The fourth-order valence-corrected chi connectivity index (χ4v) is 7.44. The third-order valence-corrected chi connectivity index (χ3v) is 9.69. The number of benzene rings is 7. The van der Waals surface area contributed by atoms with Crippen LogP contribution in [0.15, 0.2) is 164 Å². The van der Waals surface area contributed by atoms with Crippen molar-refractivity contribution in [2.75, 3.05) is 0 Å². The molecule has 5 N–H and O–H groups in total. The molecule has 3 heterocycles. The molecule has 0 aliphatic carbocycles. The maximum absolute atomic E-state index is 7.01. The summed E-state index contributed by atoms with van der Waals surface area (Å²) < 4.78 is 4.96. The molecule has 7 aromatic carbocycles. The van der Waals surface area contributed by atoms with E-state index in [0.29, 0.717) is 6.54 Å². The van der Waals surface area contributed by atoms with Crippen molar-refractivity contribution in [3.8, 4) is 11.4 Å². The molecule has 1 aliphatic heterocycles. The van der Waals surface area contributed by atoms with Gasteiger partial charge in [-0.2, -0.15) is 0 Å². The first-order valence-corrected chi connectivity index (χ1v) is 17.3. The predicted octanol–water partition coefficient (Wildman–Crippen LogP) is 10.2. The van der Waals surface area contributed by atoms with Crippen LogP contribution in [-0.4, -0.2) is 15.0 Å². The Kier molecular flexibility index (Phi) is 8.40. The maximum atomic E-state index is 7.01. The van der Waals surface area contributed by atoms with E-state index in [4.69, 9.17) is 16.9 Å². The molecule has 0 saturated carbocycles. The molecule has 0 bridgehead atoms. The summed E-state index contributed by atoms with van der Waals surface area (Å²) in [6.45, 7) is 2.81. The number of para-hydroxylation sites is 3. The molecule has 9 aromatic rings. The molecular formula is C46H39N5. The Hall–Kier alpha value is -6.43. The van der Waals surface area contributed by atoms with Gasteiger partial charge < -0.3 is 20.6 Å². The number of aromatic nitrogens is 2. The highest BCUT2D eigenvalue weighted by Gasteiger charge is 2.26. The lowest BCUT2D eigenvalue weighted by Crippen LogP contribution is -2.10. The largest absolute Gasteiger partial charge is 0.384 e. The van der Waals surface area contributed by atoms with Crippen LogP contribution in [0.5, 0.6) is 0 Å². The van der Waals surface area contributed by atoms with Crippen molar-refractivity contribution in [2.45, 2.75) is 19.9 Å². The van der Waals surface area contributed by atoms with Gasteiger partial charge in [0, 0.05) is 51.4 Å². The summed E-state index contributed by atoms with van der Waals surface area (Å²) in [5, 5.41) is 12.4. The molecule has 1 aliphatic rings. The third-order valence-electron chi connectivity index (χ3n) is 9.69.